The SMILES string of the molecule is CCCOc1cccc(/C(O)=C2/C(=O)C(=O)N(c3ccc(C(C)C)cc3)C2c2ccc(OCC)cc2)c1. The van der Waals surface area contributed by atoms with Gasteiger partial charge in [0.2, 0.25) is 0 Å². The molecule has 0 aliphatic carbocycles. The second-order valence-corrected chi connectivity index (χ2v) is 9.29. The third-order valence-electron chi connectivity index (χ3n) is 6.37. The molecule has 6 heteroatoms. The molecule has 0 spiro atoms. The molecule has 4 rings (SSSR count). The number of Topliss-reactive ketones (excluding diaryl/α,β-unsaturated/α-hetero) is 1. The highest BCUT2D eigenvalue weighted by molar-refractivity contribution is 6.51. The molecule has 1 heterocycles. The molecule has 1 atom stereocenters. The quantitative estimate of drug-likeness (QED) is 0.203. The van der Waals surface area contributed by atoms with Crippen molar-refractivity contribution in [2.45, 2.75) is 46.1 Å². The average molecular weight is 500 g/mol. The van der Waals surface area contributed by atoms with Gasteiger partial charge in [0, 0.05) is 11.3 Å². The first-order valence-corrected chi connectivity index (χ1v) is 12.7. The van der Waals surface area contributed by atoms with Crippen LogP contribution in [-0.2, 0) is 9.59 Å². The highest BCUT2D eigenvalue weighted by Crippen LogP contribution is 2.43. The maximum absolute atomic E-state index is 13.4. The first-order chi connectivity index (χ1) is 17.8. The number of aliphatic hydroxyl groups is 1. The molecule has 0 aromatic heterocycles. The Kier molecular flexibility index (Phi) is 7.97. The van der Waals surface area contributed by atoms with E-state index in [1.54, 1.807) is 36.4 Å². The molecule has 3 aromatic carbocycles. The maximum Gasteiger partial charge on any atom is 0.300 e. The van der Waals surface area contributed by atoms with Crippen LogP contribution in [0.2, 0.25) is 0 Å². The van der Waals surface area contributed by atoms with E-state index in [2.05, 4.69) is 13.8 Å². The van der Waals surface area contributed by atoms with E-state index in [1.807, 2.05) is 50.2 Å². The largest absolute Gasteiger partial charge is 0.507 e. The predicted octanol–water partition coefficient (Wildman–Crippen LogP) is 6.62. The summed E-state index contributed by atoms with van der Waals surface area (Å²) in [4.78, 5) is 28.3. The standard InChI is InChI=1S/C31H33NO5/c1-5-18-37-26-9-7-8-23(19-26)29(33)27-28(22-12-16-25(17-13-22)36-6-2)32(31(35)30(27)34)24-14-10-21(11-15-24)20(3)4/h7-17,19-20,28,33H,5-6,18H2,1-4H3/b29-27-. The van der Waals surface area contributed by atoms with Crippen molar-refractivity contribution in [2.24, 2.45) is 0 Å². The molecule has 192 valence electrons. The molecule has 1 fully saturated rings. The normalized spacial score (nSPS) is 16.9. The van der Waals surface area contributed by atoms with Gasteiger partial charge in [-0.15, -0.1) is 0 Å². The van der Waals surface area contributed by atoms with Crippen molar-refractivity contribution in [1.29, 1.82) is 0 Å². The van der Waals surface area contributed by atoms with Crippen LogP contribution in [-0.4, -0.2) is 30.0 Å². The van der Waals surface area contributed by atoms with Crippen molar-refractivity contribution in [3.8, 4) is 11.5 Å². The Morgan fingerprint density at radius 2 is 1.62 bits per heavy atom. The topological polar surface area (TPSA) is 76.1 Å². The minimum absolute atomic E-state index is 0.0368. The highest BCUT2D eigenvalue weighted by Gasteiger charge is 2.47. The van der Waals surface area contributed by atoms with Crippen LogP contribution in [0.4, 0.5) is 5.69 Å². The van der Waals surface area contributed by atoms with Crippen molar-refractivity contribution in [3.63, 3.8) is 0 Å². The molecule has 1 unspecified atom stereocenters. The molecule has 1 amide bonds. The average Bonchev–Trinajstić information content (AvgIpc) is 3.18. The summed E-state index contributed by atoms with van der Waals surface area (Å²) in [5.74, 6) is -0.0540. The van der Waals surface area contributed by atoms with Crippen LogP contribution < -0.4 is 14.4 Å². The van der Waals surface area contributed by atoms with E-state index in [9.17, 15) is 14.7 Å². The van der Waals surface area contributed by atoms with Gasteiger partial charge in [-0.3, -0.25) is 14.5 Å². The van der Waals surface area contributed by atoms with Gasteiger partial charge in [-0.05, 0) is 66.8 Å². The third-order valence-corrected chi connectivity index (χ3v) is 6.37. The summed E-state index contributed by atoms with van der Waals surface area (Å²) in [5, 5.41) is 11.4. The summed E-state index contributed by atoms with van der Waals surface area (Å²) in [5.41, 5.74) is 2.86. The molecule has 6 nitrogen and oxygen atoms in total. The molecule has 1 N–H and O–H groups in total. The summed E-state index contributed by atoms with van der Waals surface area (Å²) in [7, 11) is 0. The van der Waals surface area contributed by atoms with Gasteiger partial charge in [-0.25, -0.2) is 0 Å². The minimum atomic E-state index is -0.805. The van der Waals surface area contributed by atoms with Gasteiger partial charge in [0.05, 0.1) is 24.8 Å². The lowest BCUT2D eigenvalue weighted by Crippen LogP contribution is -2.29. The molecule has 0 bridgehead atoms. The molecule has 0 radical (unpaired) electrons. The van der Waals surface area contributed by atoms with Crippen molar-refractivity contribution < 1.29 is 24.2 Å². The summed E-state index contributed by atoms with van der Waals surface area (Å²) >= 11 is 0. The van der Waals surface area contributed by atoms with Gasteiger partial charge in [0.15, 0.2) is 0 Å². The van der Waals surface area contributed by atoms with Crippen LogP contribution in [0.25, 0.3) is 5.76 Å². The van der Waals surface area contributed by atoms with E-state index < -0.39 is 17.7 Å². The number of nitrogens with zero attached hydrogens (tertiary/aromatic N) is 1. The minimum Gasteiger partial charge on any atom is -0.507 e. The third kappa shape index (κ3) is 5.38. The molecular weight excluding hydrogens is 466 g/mol. The molecule has 37 heavy (non-hydrogen) atoms. The van der Waals surface area contributed by atoms with Gasteiger partial charge in [0.25, 0.3) is 11.7 Å². The Labute approximate surface area is 218 Å². The lowest BCUT2D eigenvalue weighted by molar-refractivity contribution is -0.132. The monoisotopic (exact) mass is 499 g/mol. The van der Waals surface area contributed by atoms with Crippen molar-refractivity contribution in [3.05, 3.63) is 95.1 Å². The first kappa shape index (κ1) is 26.0. The Hall–Kier alpha value is -4.06. The number of ketones is 1. The number of hydrogen-bond donors (Lipinski definition) is 1. The fourth-order valence-electron chi connectivity index (χ4n) is 4.46. The summed E-state index contributed by atoms with van der Waals surface area (Å²) in [6.45, 7) is 9.17. The zero-order valence-corrected chi connectivity index (χ0v) is 21.7. The predicted molar refractivity (Wildman–Crippen MR) is 145 cm³/mol. The maximum atomic E-state index is 13.4. The molecule has 3 aromatic rings. The highest BCUT2D eigenvalue weighted by atomic mass is 16.5. The number of carbonyl (C=O) groups excluding carboxylic acids is 2. The van der Waals surface area contributed by atoms with E-state index in [4.69, 9.17) is 9.47 Å². The molecule has 1 aliphatic rings. The van der Waals surface area contributed by atoms with E-state index in [-0.39, 0.29) is 11.3 Å². The molecule has 0 saturated carbocycles. The number of carbonyl (C=O) groups is 2. The summed E-state index contributed by atoms with van der Waals surface area (Å²) in [6.07, 6.45) is 0.842. The zero-order valence-electron chi connectivity index (χ0n) is 21.7. The van der Waals surface area contributed by atoms with Gasteiger partial charge in [-0.2, -0.15) is 0 Å². The first-order valence-electron chi connectivity index (χ1n) is 12.7. The number of amides is 1. The molecular formula is C31H33NO5. The van der Waals surface area contributed by atoms with Crippen LogP contribution in [0.1, 0.15) is 62.8 Å². The van der Waals surface area contributed by atoms with E-state index >= 15 is 0 Å². The Morgan fingerprint density at radius 3 is 2.24 bits per heavy atom. The van der Waals surface area contributed by atoms with Gasteiger partial charge in [0.1, 0.15) is 17.3 Å². The smallest absolute Gasteiger partial charge is 0.300 e. The number of rotatable bonds is 9. The summed E-state index contributed by atoms with van der Waals surface area (Å²) < 4.78 is 11.3. The number of anilines is 1. The van der Waals surface area contributed by atoms with Crippen LogP contribution in [0, 0.1) is 0 Å². The van der Waals surface area contributed by atoms with Crippen LogP contribution in [0.3, 0.4) is 0 Å². The molecule has 1 aliphatic heterocycles. The number of hydrogen-bond acceptors (Lipinski definition) is 5. The lowest BCUT2D eigenvalue weighted by Gasteiger charge is -2.26. The fourth-order valence-corrected chi connectivity index (χ4v) is 4.46. The van der Waals surface area contributed by atoms with E-state index in [1.165, 1.54) is 4.90 Å². The number of ether oxygens (including phenoxy) is 2. The van der Waals surface area contributed by atoms with E-state index in [0.717, 1.165) is 12.0 Å². The van der Waals surface area contributed by atoms with Gasteiger partial charge >= 0.3 is 0 Å². The number of aliphatic hydroxyl groups excluding tert-OH is 1. The Morgan fingerprint density at radius 1 is 0.919 bits per heavy atom. The van der Waals surface area contributed by atoms with Crippen LogP contribution >= 0.6 is 0 Å². The Balaban J connectivity index is 1.85. The Bertz CT molecular complexity index is 1290. The second kappa shape index (κ2) is 11.3. The van der Waals surface area contributed by atoms with Gasteiger partial charge < -0.3 is 14.6 Å². The van der Waals surface area contributed by atoms with Crippen molar-refractivity contribution in [1.82, 2.24) is 0 Å². The van der Waals surface area contributed by atoms with Gasteiger partial charge in [-0.1, -0.05) is 57.2 Å². The number of benzene rings is 3. The van der Waals surface area contributed by atoms with Crippen LogP contribution in [0.15, 0.2) is 78.4 Å². The van der Waals surface area contributed by atoms with E-state index in [0.29, 0.717) is 47.4 Å². The summed E-state index contributed by atoms with van der Waals surface area (Å²) in [6, 6.07) is 21.0. The van der Waals surface area contributed by atoms with Crippen molar-refractivity contribution in [2.75, 3.05) is 18.1 Å². The van der Waals surface area contributed by atoms with Crippen LogP contribution in [0.5, 0.6) is 11.5 Å². The second-order valence-electron chi connectivity index (χ2n) is 9.29. The fraction of sp³-hybridized carbons (Fsp3) is 0.290. The lowest BCUT2D eigenvalue weighted by atomic mass is 9.94. The molecule has 1 saturated heterocycles. The zero-order chi connectivity index (χ0) is 26.5. The van der Waals surface area contributed by atoms with Crippen molar-refractivity contribution >= 4 is 23.1 Å².